The van der Waals surface area contributed by atoms with Crippen LogP contribution in [0.2, 0.25) is 0 Å². The molecule has 5 heterocycles. The molecule has 2 bridgehead atoms. The number of nitrogens with one attached hydrogen (secondary N) is 1. The summed E-state index contributed by atoms with van der Waals surface area (Å²) in [6.07, 6.45) is 4.11. The second-order valence-corrected chi connectivity index (χ2v) is 12.6. The molecule has 0 aliphatic carbocycles. The number of halogens is 1. The van der Waals surface area contributed by atoms with Crippen molar-refractivity contribution < 1.29 is 14.2 Å². The van der Waals surface area contributed by atoms with E-state index in [9.17, 15) is 9.50 Å². The summed E-state index contributed by atoms with van der Waals surface area (Å²) in [4.78, 5) is 14.7. The normalized spacial score (nSPS) is 27.7. The van der Waals surface area contributed by atoms with Crippen molar-refractivity contribution >= 4 is 27.5 Å². The van der Waals surface area contributed by atoms with Crippen molar-refractivity contribution in [1.29, 1.82) is 0 Å². The number of anilines is 1. The molecule has 4 atom stereocenters. The third-order valence-electron chi connectivity index (χ3n) is 9.96. The average molecular weight is 554 g/mol. The molecule has 1 aromatic heterocycles. The molecule has 212 valence electrons. The number of piperazine rings is 1. The third-order valence-corrected chi connectivity index (χ3v) is 9.96. The van der Waals surface area contributed by atoms with Crippen molar-refractivity contribution in [1.82, 2.24) is 20.2 Å². The quantitative estimate of drug-likeness (QED) is 0.345. The van der Waals surface area contributed by atoms with Crippen molar-refractivity contribution in [3.05, 3.63) is 54.1 Å². The number of fused-ring (bicyclic) bond motifs is 5. The molecule has 8 rings (SSSR count). The first kappa shape index (κ1) is 25.2. The van der Waals surface area contributed by atoms with Gasteiger partial charge in [0.05, 0.1) is 11.1 Å². The first-order chi connectivity index (χ1) is 20.0. The lowest BCUT2D eigenvalue weighted by molar-refractivity contribution is 0.107. The molecular formula is C33H36FN5O2. The summed E-state index contributed by atoms with van der Waals surface area (Å²) in [6, 6.07) is 17.3. The van der Waals surface area contributed by atoms with Gasteiger partial charge >= 0.3 is 6.01 Å². The number of ether oxygens (including phenoxy) is 1. The smallest absolute Gasteiger partial charge is 0.319 e. The van der Waals surface area contributed by atoms with E-state index in [1.807, 2.05) is 24.3 Å². The van der Waals surface area contributed by atoms with E-state index in [0.29, 0.717) is 37.7 Å². The van der Waals surface area contributed by atoms with Crippen LogP contribution in [0, 0.1) is 6.92 Å². The zero-order valence-corrected chi connectivity index (χ0v) is 23.4. The topological polar surface area (TPSA) is 73.8 Å². The fourth-order valence-corrected chi connectivity index (χ4v) is 8.03. The number of aryl methyl sites for hydroxylation is 1. The molecule has 4 aliphatic heterocycles. The van der Waals surface area contributed by atoms with Gasteiger partial charge in [-0.1, -0.05) is 30.3 Å². The molecule has 4 aromatic rings. The Balaban J connectivity index is 1.24. The molecule has 3 aromatic carbocycles. The molecule has 0 amide bonds. The number of nitrogens with zero attached hydrogens (tertiary/aromatic N) is 4. The van der Waals surface area contributed by atoms with E-state index < -0.39 is 6.17 Å². The highest BCUT2D eigenvalue weighted by Gasteiger charge is 2.49. The zero-order valence-electron chi connectivity index (χ0n) is 23.4. The van der Waals surface area contributed by atoms with Crippen LogP contribution in [-0.4, -0.2) is 76.6 Å². The molecule has 0 unspecified atom stereocenters. The predicted octanol–water partition coefficient (Wildman–Crippen LogP) is 5.36. The van der Waals surface area contributed by atoms with Gasteiger partial charge in [0, 0.05) is 43.5 Å². The molecule has 41 heavy (non-hydrogen) atoms. The first-order valence-electron chi connectivity index (χ1n) is 15.0. The summed E-state index contributed by atoms with van der Waals surface area (Å²) in [6.45, 7) is 5.73. The Morgan fingerprint density at radius 2 is 1.85 bits per heavy atom. The molecule has 4 fully saturated rings. The van der Waals surface area contributed by atoms with Gasteiger partial charge in [-0.2, -0.15) is 9.97 Å². The van der Waals surface area contributed by atoms with Crippen LogP contribution in [0.3, 0.4) is 0 Å². The van der Waals surface area contributed by atoms with Crippen LogP contribution >= 0.6 is 0 Å². The number of aromatic nitrogens is 2. The van der Waals surface area contributed by atoms with E-state index in [4.69, 9.17) is 14.7 Å². The lowest BCUT2D eigenvalue weighted by atomic mass is 9.93. The van der Waals surface area contributed by atoms with Crippen molar-refractivity contribution in [3.63, 3.8) is 0 Å². The minimum atomic E-state index is -0.801. The van der Waals surface area contributed by atoms with Crippen LogP contribution in [-0.2, 0) is 0 Å². The van der Waals surface area contributed by atoms with Crippen molar-refractivity contribution in [2.24, 2.45) is 0 Å². The number of phenolic OH excluding ortho intramolecular Hbond substituents is 1. The Morgan fingerprint density at radius 1 is 1.02 bits per heavy atom. The van der Waals surface area contributed by atoms with Gasteiger partial charge in [-0.05, 0) is 84.8 Å². The van der Waals surface area contributed by atoms with E-state index in [-0.39, 0.29) is 11.3 Å². The maximum Gasteiger partial charge on any atom is 0.319 e. The van der Waals surface area contributed by atoms with Gasteiger partial charge in [-0.25, -0.2) is 4.39 Å². The number of hydrogen-bond donors (Lipinski definition) is 2. The van der Waals surface area contributed by atoms with Crippen LogP contribution in [0.25, 0.3) is 32.8 Å². The van der Waals surface area contributed by atoms with Crippen LogP contribution in [0.4, 0.5) is 10.2 Å². The summed E-state index contributed by atoms with van der Waals surface area (Å²) in [5, 5.41) is 17.4. The number of benzene rings is 3. The Morgan fingerprint density at radius 3 is 2.71 bits per heavy atom. The molecule has 2 N–H and O–H groups in total. The van der Waals surface area contributed by atoms with E-state index in [0.717, 1.165) is 76.7 Å². The van der Waals surface area contributed by atoms with Gasteiger partial charge in [0.1, 0.15) is 24.3 Å². The van der Waals surface area contributed by atoms with E-state index in [1.165, 1.54) is 12.8 Å². The molecular weight excluding hydrogens is 517 g/mol. The lowest BCUT2D eigenvalue weighted by Gasteiger charge is -2.35. The van der Waals surface area contributed by atoms with E-state index in [1.54, 1.807) is 6.07 Å². The van der Waals surface area contributed by atoms with Crippen molar-refractivity contribution in [2.45, 2.75) is 62.8 Å². The Bertz CT molecular complexity index is 1650. The SMILES string of the molecule is Cc1c(-c2cc(O)cc3ccccc23)ccc2c(N3C[C@H]4CC[C@@H](C3)N4)nc(OC[C@@]34CCCN3C[C@H](F)C4)nc12. The molecule has 4 aliphatic rings. The van der Waals surface area contributed by atoms with E-state index >= 15 is 0 Å². The maximum absolute atomic E-state index is 14.4. The monoisotopic (exact) mass is 553 g/mol. The van der Waals surface area contributed by atoms with Crippen LogP contribution in [0.1, 0.15) is 37.7 Å². The third kappa shape index (κ3) is 4.22. The number of aromatic hydroxyl groups is 1. The standard InChI is InChI=1S/C33H36FN5O2/c1-20-26(29-14-25(40)13-21-5-2-3-6-27(21)29)9-10-28-30(20)36-32(37-31(28)38-17-23-7-8-24(18-38)35-23)41-19-33-11-4-12-39(33)16-22(34)15-33/h2-3,5-6,9-10,13-14,22-24,35,40H,4,7-8,11-12,15-19H2,1H3/t22-,23-,24+,33+/m1/s1. The zero-order chi connectivity index (χ0) is 27.7. The Labute approximate surface area is 239 Å². The molecule has 7 nitrogen and oxygen atoms in total. The highest BCUT2D eigenvalue weighted by molar-refractivity contribution is 6.02. The fraction of sp³-hybridized carbons (Fsp3) is 0.455. The number of hydrogen-bond acceptors (Lipinski definition) is 7. The largest absolute Gasteiger partial charge is 0.508 e. The Hall–Kier alpha value is -3.49. The number of rotatable bonds is 5. The summed E-state index contributed by atoms with van der Waals surface area (Å²) in [5.41, 5.74) is 3.62. The van der Waals surface area contributed by atoms with Gasteiger partial charge in [-0.15, -0.1) is 0 Å². The molecule has 8 heteroatoms. The summed E-state index contributed by atoms with van der Waals surface area (Å²) >= 11 is 0. The minimum absolute atomic E-state index is 0.241. The fourth-order valence-electron chi connectivity index (χ4n) is 8.03. The van der Waals surface area contributed by atoms with Crippen LogP contribution < -0.4 is 15.0 Å². The van der Waals surface area contributed by atoms with Gasteiger partial charge in [0.25, 0.3) is 0 Å². The highest BCUT2D eigenvalue weighted by atomic mass is 19.1. The average Bonchev–Trinajstić information content (AvgIpc) is 3.61. The van der Waals surface area contributed by atoms with Crippen LogP contribution in [0.15, 0.2) is 48.5 Å². The number of alkyl halides is 1. The molecule has 0 radical (unpaired) electrons. The van der Waals surface area contributed by atoms with Crippen LogP contribution in [0.5, 0.6) is 11.8 Å². The van der Waals surface area contributed by atoms with Crippen molar-refractivity contribution in [2.75, 3.05) is 37.7 Å². The second-order valence-electron chi connectivity index (χ2n) is 12.6. The molecule has 4 saturated heterocycles. The van der Waals surface area contributed by atoms with E-state index in [2.05, 4.69) is 40.2 Å². The lowest BCUT2D eigenvalue weighted by Crippen LogP contribution is -2.51. The summed E-state index contributed by atoms with van der Waals surface area (Å²) in [7, 11) is 0. The maximum atomic E-state index is 14.4. The first-order valence-corrected chi connectivity index (χ1v) is 15.0. The van der Waals surface area contributed by atoms with Gasteiger partial charge < -0.3 is 20.1 Å². The summed E-state index contributed by atoms with van der Waals surface area (Å²) < 4.78 is 20.9. The molecule has 0 saturated carbocycles. The van der Waals surface area contributed by atoms with Gasteiger partial charge in [0.2, 0.25) is 0 Å². The van der Waals surface area contributed by atoms with Gasteiger partial charge in [-0.3, -0.25) is 4.90 Å². The highest BCUT2D eigenvalue weighted by Crippen LogP contribution is 2.42. The molecule has 0 spiro atoms. The van der Waals surface area contributed by atoms with Gasteiger partial charge in [0.15, 0.2) is 0 Å². The predicted molar refractivity (Wildman–Crippen MR) is 160 cm³/mol. The minimum Gasteiger partial charge on any atom is -0.508 e. The Kier molecular flexibility index (Phi) is 5.87. The number of phenols is 1. The summed E-state index contributed by atoms with van der Waals surface area (Å²) in [5.74, 6) is 1.15. The van der Waals surface area contributed by atoms with Crippen molar-refractivity contribution in [3.8, 4) is 22.9 Å². The second kappa shape index (κ2) is 9.53.